The highest BCUT2D eigenvalue weighted by Gasteiger charge is 2.28. The number of carboxylic acids is 1. The fourth-order valence-electron chi connectivity index (χ4n) is 2.28. The molecule has 6 heteroatoms. The van der Waals surface area contributed by atoms with Gasteiger partial charge < -0.3 is 5.11 Å². The van der Waals surface area contributed by atoms with Gasteiger partial charge in [-0.3, -0.25) is 4.79 Å². The molecule has 0 aromatic carbocycles. The largest absolute Gasteiger partial charge is 0.481 e. The van der Waals surface area contributed by atoms with Crippen molar-refractivity contribution in [1.29, 1.82) is 0 Å². The molecule has 17 heavy (non-hydrogen) atoms. The van der Waals surface area contributed by atoms with Gasteiger partial charge in [-0.1, -0.05) is 11.6 Å². The van der Waals surface area contributed by atoms with Crippen molar-refractivity contribution in [2.24, 2.45) is 5.92 Å². The van der Waals surface area contributed by atoms with Gasteiger partial charge in [0.1, 0.15) is 16.3 Å². The highest BCUT2D eigenvalue weighted by atomic mass is 35.5. The number of hydrogen-bond acceptors (Lipinski definition) is 4. The molecule has 1 aliphatic rings. The third-order valence-electron chi connectivity index (χ3n) is 3.14. The second-order valence-corrected chi connectivity index (χ2v) is 5.57. The van der Waals surface area contributed by atoms with Crippen LogP contribution in [0, 0.1) is 5.92 Å². The van der Waals surface area contributed by atoms with Crippen LogP contribution in [-0.2, 0) is 17.6 Å². The summed E-state index contributed by atoms with van der Waals surface area (Å²) in [7, 11) is 0. The van der Waals surface area contributed by atoms with Crippen LogP contribution in [0.15, 0.2) is 6.33 Å². The molecule has 0 saturated carbocycles. The molecule has 0 unspecified atom stereocenters. The molecular weight excluding hydrogens is 260 g/mol. The Morgan fingerprint density at radius 1 is 1.53 bits per heavy atom. The molecule has 2 aromatic heterocycles. The van der Waals surface area contributed by atoms with E-state index in [2.05, 4.69) is 9.97 Å². The second-order valence-electron chi connectivity index (χ2n) is 4.13. The molecule has 2 heterocycles. The number of aromatic nitrogens is 2. The predicted octanol–water partition coefficient (Wildman–Crippen LogP) is 2.53. The minimum absolute atomic E-state index is 0.309. The van der Waals surface area contributed by atoms with Crippen LogP contribution in [0.1, 0.15) is 16.9 Å². The van der Waals surface area contributed by atoms with Crippen LogP contribution in [0.25, 0.3) is 10.2 Å². The number of halogens is 1. The van der Waals surface area contributed by atoms with E-state index in [-0.39, 0.29) is 5.92 Å². The van der Waals surface area contributed by atoms with Crippen LogP contribution >= 0.6 is 22.9 Å². The quantitative estimate of drug-likeness (QED) is 0.808. The lowest BCUT2D eigenvalue weighted by Gasteiger charge is -2.18. The van der Waals surface area contributed by atoms with Crippen LogP contribution in [0.2, 0.25) is 5.15 Å². The Morgan fingerprint density at radius 3 is 3.12 bits per heavy atom. The van der Waals surface area contributed by atoms with Crippen molar-refractivity contribution in [1.82, 2.24) is 9.97 Å². The lowest BCUT2D eigenvalue weighted by atomic mass is 9.87. The molecule has 0 bridgehead atoms. The highest BCUT2D eigenvalue weighted by Crippen LogP contribution is 2.39. The van der Waals surface area contributed by atoms with Gasteiger partial charge in [-0.05, 0) is 24.8 Å². The summed E-state index contributed by atoms with van der Waals surface area (Å²) in [5, 5.41) is 10.4. The summed E-state index contributed by atoms with van der Waals surface area (Å²) in [5.41, 5.74) is 1.04. The monoisotopic (exact) mass is 268 g/mol. The lowest BCUT2D eigenvalue weighted by molar-refractivity contribution is -0.142. The Labute approximate surface area is 106 Å². The zero-order chi connectivity index (χ0) is 12.0. The first-order valence-corrected chi connectivity index (χ1v) is 6.50. The Hall–Kier alpha value is -1.20. The van der Waals surface area contributed by atoms with E-state index in [1.807, 2.05) is 0 Å². The number of aryl methyl sites for hydroxylation is 1. The maximum Gasteiger partial charge on any atom is 0.306 e. The van der Waals surface area contributed by atoms with Crippen molar-refractivity contribution in [2.75, 3.05) is 0 Å². The summed E-state index contributed by atoms with van der Waals surface area (Å²) in [6.07, 6.45) is 3.48. The van der Waals surface area contributed by atoms with Crippen molar-refractivity contribution < 1.29 is 9.90 Å². The zero-order valence-electron chi connectivity index (χ0n) is 8.81. The molecule has 0 spiro atoms. The maximum atomic E-state index is 11.0. The second kappa shape index (κ2) is 3.92. The summed E-state index contributed by atoms with van der Waals surface area (Å²) in [6, 6.07) is 0. The van der Waals surface area contributed by atoms with E-state index in [1.165, 1.54) is 11.2 Å². The summed E-state index contributed by atoms with van der Waals surface area (Å²) in [4.78, 5) is 21.3. The van der Waals surface area contributed by atoms with Gasteiger partial charge in [-0.2, -0.15) is 0 Å². The molecular formula is C11H9ClN2O2S. The van der Waals surface area contributed by atoms with E-state index < -0.39 is 5.97 Å². The van der Waals surface area contributed by atoms with Gasteiger partial charge >= 0.3 is 5.97 Å². The van der Waals surface area contributed by atoms with Crippen molar-refractivity contribution in [3.63, 3.8) is 0 Å². The number of carboxylic acid groups (broad SMARTS) is 1. The minimum Gasteiger partial charge on any atom is -0.481 e. The van der Waals surface area contributed by atoms with Gasteiger partial charge in [-0.25, -0.2) is 9.97 Å². The first kappa shape index (κ1) is 10.9. The summed E-state index contributed by atoms with van der Waals surface area (Å²) in [5.74, 6) is -1.04. The molecule has 3 rings (SSSR count). The van der Waals surface area contributed by atoms with Gasteiger partial charge in [0.2, 0.25) is 0 Å². The molecule has 0 amide bonds. The summed E-state index contributed by atoms with van der Waals surface area (Å²) >= 11 is 7.67. The van der Waals surface area contributed by atoms with Gasteiger partial charge in [-0.15, -0.1) is 11.3 Å². The number of thiophene rings is 1. The van der Waals surface area contributed by atoms with Crippen LogP contribution in [0.3, 0.4) is 0 Å². The van der Waals surface area contributed by atoms with Crippen LogP contribution < -0.4 is 0 Å². The Bertz CT molecular complexity index is 611. The zero-order valence-corrected chi connectivity index (χ0v) is 10.4. The Balaban J connectivity index is 2.17. The van der Waals surface area contributed by atoms with E-state index in [1.54, 1.807) is 11.3 Å². The van der Waals surface area contributed by atoms with E-state index >= 15 is 0 Å². The van der Waals surface area contributed by atoms with E-state index in [9.17, 15) is 4.79 Å². The van der Waals surface area contributed by atoms with Gasteiger partial charge in [0, 0.05) is 4.88 Å². The highest BCUT2D eigenvalue weighted by molar-refractivity contribution is 7.19. The fourth-order valence-corrected chi connectivity index (χ4v) is 3.77. The third-order valence-corrected chi connectivity index (χ3v) is 4.63. The lowest BCUT2D eigenvalue weighted by Crippen LogP contribution is -2.21. The molecule has 2 aromatic rings. The molecule has 88 valence electrons. The maximum absolute atomic E-state index is 11.0. The average molecular weight is 269 g/mol. The topological polar surface area (TPSA) is 63.1 Å². The normalized spacial score (nSPS) is 19.2. The molecule has 1 aliphatic carbocycles. The molecule has 1 atom stereocenters. The smallest absolute Gasteiger partial charge is 0.306 e. The first-order valence-electron chi connectivity index (χ1n) is 5.30. The van der Waals surface area contributed by atoms with Crippen molar-refractivity contribution in [3.05, 3.63) is 21.9 Å². The minimum atomic E-state index is -0.733. The number of nitrogens with zero attached hydrogens (tertiary/aromatic N) is 2. The predicted molar refractivity (Wildman–Crippen MR) is 65.6 cm³/mol. The fraction of sp³-hybridized carbons (Fsp3) is 0.364. The summed E-state index contributed by atoms with van der Waals surface area (Å²) in [6.45, 7) is 0. The number of carbonyl (C=O) groups is 1. The molecule has 1 N–H and O–H groups in total. The number of hydrogen-bond donors (Lipinski definition) is 1. The summed E-state index contributed by atoms with van der Waals surface area (Å²) < 4.78 is 0. The van der Waals surface area contributed by atoms with E-state index in [0.717, 1.165) is 22.2 Å². The van der Waals surface area contributed by atoms with Crippen LogP contribution in [0.5, 0.6) is 0 Å². The molecule has 0 radical (unpaired) electrons. The number of aliphatic carboxylic acids is 1. The Kier molecular flexibility index (Phi) is 2.52. The number of fused-ring (bicyclic) bond motifs is 3. The molecule has 4 nitrogen and oxygen atoms in total. The standard InChI is InChI=1S/C11H9ClN2O2S/c12-9-8-6-3-5(11(15)16)1-2-7(6)17-10(8)14-4-13-9/h4-5H,1-3H2,(H,15,16)/t5-/m1/s1. The third kappa shape index (κ3) is 1.70. The van der Waals surface area contributed by atoms with E-state index in [0.29, 0.717) is 18.0 Å². The van der Waals surface area contributed by atoms with Gasteiger partial charge in [0.05, 0.1) is 11.3 Å². The van der Waals surface area contributed by atoms with Crippen molar-refractivity contribution in [3.8, 4) is 0 Å². The van der Waals surface area contributed by atoms with Gasteiger partial charge in [0.15, 0.2) is 0 Å². The molecule has 0 saturated heterocycles. The number of rotatable bonds is 1. The first-order chi connectivity index (χ1) is 8.16. The SMILES string of the molecule is O=C(O)[C@@H]1CCc2sc3ncnc(Cl)c3c2C1. The molecule has 0 aliphatic heterocycles. The molecule has 0 fully saturated rings. The average Bonchev–Trinajstić information content (AvgIpc) is 2.67. The van der Waals surface area contributed by atoms with Crippen LogP contribution in [0.4, 0.5) is 0 Å². The van der Waals surface area contributed by atoms with Crippen LogP contribution in [-0.4, -0.2) is 21.0 Å². The van der Waals surface area contributed by atoms with E-state index in [4.69, 9.17) is 16.7 Å². The van der Waals surface area contributed by atoms with Gasteiger partial charge in [0.25, 0.3) is 0 Å². The van der Waals surface area contributed by atoms with Crippen molar-refractivity contribution in [2.45, 2.75) is 19.3 Å². The van der Waals surface area contributed by atoms with Crippen molar-refractivity contribution >= 4 is 39.1 Å². The Morgan fingerprint density at radius 2 is 2.35 bits per heavy atom.